The van der Waals surface area contributed by atoms with E-state index < -0.39 is 52.3 Å². The molecule has 3 aromatic rings. The second kappa shape index (κ2) is 10.1. The van der Waals surface area contributed by atoms with Crippen molar-refractivity contribution in [1.82, 2.24) is 0 Å². The number of primary amides is 1. The number of fused-ring (bicyclic) bond motifs is 3. The largest absolute Gasteiger partial charge is 0.511 e. The zero-order valence-electron chi connectivity index (χ0n) is 23.0. The van der Waals surface area contributed by atoms with Crippen LogP contribution in [0.5, 0.6) is 17.2 Å². The number of benzene rings is 3. The van der Waals surface area contributed by atoms with Crippen LogP contribution in [0.15, 0.2) is 77.3 Å². The van der Waals surface area contributed by atoms with Gasteiger partial charge in [0, 0.05) is 17.6 Å². The molecule has 0 aliphatic heterocycles. The van der Waals surface area contributed by atoms with Crippen molar-refractivity contribution in [2.75, 3.05) is 14.2 Å². The second-order valence-electron chi connectivity index (χ2n) is 10.9. The summed E-state index contributed by atoms with van der Waals surface area (Å²) in [6, 6.07) is 16.3. The third kappa shape index (κ3) is 4.11. The summed E-state index contributed by atoms with van der Waals surface area (Å²) in [6.07, 6.45) is 0.611. The van der Waals surface area contributed by atoms with E-state index in [9.17, 15) is 29.7 Å². The number of rotatable bonds is 5. The predicted molar refractivity (Wildman–Crippen MR) is 153 cm³/mol. The number of phenols is 1. The van der Waals surface area contributed by atoms with Gasteiger partial charge in [-0.3, -0.25) is 14.4 Å². The van der Waals surface area contributed by atoms with Gasteiger partial charge in [-0.2, -0.15) is 0 Å². The summed E-state index contributed by atoms with van der Waals surface area (Å²) in [5.74, 6) is -4.37. The molecule has 3 aliphatic rings. The summed E-state index contributed by atoms with van der Waals surface area (Å²) in [4.78, 5) is 39.3. The SMILES string of the molecule is COc1ccc(-c2cc(-c3ccc(OC)cc3)c3c(c2O)C(=O)C2=C(O)C4C(=O)C(C(N)=O)=C(O)CC4CC2C3)cc1. The van der Waals surface area contributed by atoms with Crippen LogP contribution in [0.25, 0.3) is 22.3 Å². The maximum Gasteiger partial charge on any atom is 0.255 e. The number of hydrogen-bond acceptors (Lipinski definition) is 8. The van der Waals surface area contributed by atoms with Crippen molar-refractivity contribution in [2.45, 2.75) is 19.3 Å². The highest BCUT2D eigenvalue weighted by Crippen LogP contribution is 2.52. The summed E-state index contributed by atoms with van der Waals surface area (Å²) in [5, 5.41) is 33.4. The van der Waals surface area contributed by atoms with Gasteiger partial charge in [0.2, 0.25) is 0 Å². The molecule has 0 fully saturated rings. The number of aliphatic hydroxyl groups excluding tert-OH is 2. The van der Waals surface area contributed by atoms with Crippen LogP contribution in [-0.2, 0) is 16.0 Å². The van der Waals surface area contributed by atoms with Crippen LogP contribution in [0.4, 0.5) is 0 Å². The van der Waals surface area contributed by atoms with Gasteiger partial charge in [-0.15, -0.1) is 0 Å². The lowest BCUT2D eigenvalue weighted by Gasteiger charge is -2.41. The third-order valence-electron chi connectivity index (χ3n) is 8.69. The van der Waals surface area contributed by atoms with E-state index in [0.29, 0.717) is 41.0 Å². The van der Waals surface area contributed by atoms with E-state index in [2.05, 4.69) is 0 Å². The van der Waals surface area contributed by atoms with Crippen LogP contribution in [0.2, 0.25) is 0 Å². The molecule has 0 saturated carbocycles. The highest BCUT2D eigenvalue weighted by Gasteiger charge is 2.50. The average molecular weight is 568 g/mol. The van der Waals surface area contributed by atoms with Crippen molar-refractivity contribution >= 4 is 17.5 Å². The van der Waals surface area contributed by atoms with Crippen LogP contribution in [-0.4, -0.2) is 47.0 Å². The molecule has 3 aromatic carbocycles. The lowest BCUT2D eigenvalue weighted by atomic mass is 9.62. The first kappa shape index (κ1) is 27.1. The van der Waals surface area contributed by atoms with Gasteiger partial charge in [-0.25, -0.2) is 0 Å². The topological polar surface area (TPSA) is 156 Å². The van der Waals surface area contributed by atoms with Crippen molar-refractivity contribution in [1.29, 1.82) is 0 Å². The highest BCUT2D eigenvalue weighted by atomic mass is 16.5. The van der Waals surface area contributed by atoms with Gasteiger partial charge < -0.3 is 30.5 Å². The molecule has 3 aliphatic carbocycles. The number of Topliss-reactive ketones (excluding diaryl/α,β-unsaturated/α-hetero) is 2. The molecule has 214 valence electrons. The molecule has 5 N–H and O–H groups in total. The van der Waals surface area contributed by atoms with E-state index in [4.69, 9.17) is 15.2 Å². The van der Waals surface area contributed by atoms with Crippen LogP contribution in [0, 0.1) is 17.8 Å². The van der Waals surface area contributed by atoms with Gasteiger partial charge in [0.05, 0.1) is 25.7 Å². The molecule has 9 heteroatoms. The number of methoxy groups -OCH3 is 2. The number of ketones is 2. The Morgan fingerprint density at radius 1 is 0.857 bits per heavy atom. The number of aromatic hydroxyl groups is 1. The molecule has 0 spiro atoms. The summed E-state index contributed by atoms with van der Waals surface area (Å²) in [6.45, 7) is 0. The fraction of sp³-hybridized carbons (Fsp3) is 0.242. The number of phenolic OH excluding ortho intramolecular Hbond substituents is 1. The monoisotopic (exact) mass is 567 g/mol. The molecule has 9 nitrogen and oxygen atoms in total. The van der Waals surface area contributed by atoms with E-state index in [0.717, 1.165) is 11.1 Å². The van der Waals surface area contributed by atoms with Crippen molar-refractivity contribution in [3.63, 3.8) is 0 Å². The molecule has 0 radical (unpaired) electrons. The van der Waals surface area contributed by atoms with Crippen molar-refractivity contribution in [3.05, 3.63) is 88.4 Å². The molecule has 0 bridgehead atoms. The Bertz CT molecular complexity index is 1720. The quantitative estimate of drug-likeness (QED) is 0.320. The summed E-state index contributed by atoms with van der Waals surface area (Å²) in [7, 11) is 3.13. The number of carbonyl (C=O) groups is 3. The Hall–Kier alpha value is -5.05. The zero-order chi connectivity index (χ0) is 29.9. The first-order valence-corrected chi connectivity index (χ1v) is 13.6. The van der Waals surface area contributed by atoms with Crippen molar-refractivity contribution in [3.8, 4) is 39.5 Å². The van der Waals surface area contributed by atoms with Gasteiger partial charge in [0.15, 0.2) is 11.6 Å². The molecule has 42 heavy (non-hydrogen) atoms. The van der Waals surface area contributed by atoms with E-state index in [1.807, 2.05) is 30.3 Å². The molecule has 0 saturated heterocycles. The van der Waals surface area contributed by atoms with Crippen LogP contribution >= 0.6 is 0 Å². The summed E-state index contributed by atoms with van der Waals surface area (Å²) >= 11 is 0. The van der Waals surface area contributed by atoms with Crippen LogP contribution < -0.4 is 15.2 Å². The summed E-state index contributed by atoms with van der Waals surface area (Å²) in [5.41, 5.74) is 8.14. The standard InChI is InChI=1S/C33H29NO8/c1-41-19-7-3-15(4-8-19)21-14-22(16-5-9-20(42-2)10-6-16)29(36)27-23(21)12-17-11-18-13-24(35)28(33(34)40)32(39)26(18)30(37)25(17)31(27)38/h3-10,14,17-18,26,35-37H,11-13H2,1-2H3,(H2,34,40). The molecular formula is C33H29NO8. The first-order valence-electron chi connectivity index (χ1n) is 13.6. The second-order valence-corrected chi connectivity index (χ2v) is 10.9. The van der Waals surface area contributed by atoms with E-state index in [1.54, 1.807) is 38.5 Å². The Labute approximate surface area is 241 Å². The number of amides is 1. The van der Waals surface area contributed by atoms with Gasteiger partial charge in [-0.1, -0.05) is 24.3 Å². The number of ether oxygens (including phenoxy) is 2. The van der Waals surface area contributed by atoms with Gasteiger partial charge in [0.25, 0.3) is 5.91 Å². The molecule has 1 amide bonds. The van der Waals surface area contributed by atoms with Gasteiger partial charge in [0.1, 0.15) is 34.3 Å². The Morgan fingerprint density at radius 3 is 1.98 bits per heavy atom. The number of carbonyl (C=O) groups excluding carboxylic acids is 3. The third-order valence-corrected chi connectivity index (χ3v) is 8.69. The maximum absolute atomic E-state index is 14.2. The number of nitrogens with two attached hydrogens (primary N) is 1. The molecule has 0 heterocycles. The average Bonchev–Trinajstić information content (AvgIpc) is 2.97. The molecular weight excluding hydrogens is 538 g/mol. The fourth-order valence-corrected chi connectivity index (χ4v) is 6.73. The van der Waals surface area contributed by atoms with E-state index >= 15 is 0 Å². The lowest BCUT2D eigenvalue weighted by Crippen LogP contribution is -2.43. The Balaban J connectivity index is 1.55. The first-order chi connectivity index (χ1) is 20.1. The Morgan fingerprint density at radius 2 is 1.43 bits per heavy atom. The minimum Gasteiger partial charge on any atom is -0.511 e. The normalized spacial score (nSPS) is 21.4. The molecule has 3 unspecified atom stereocenters. The molecule has 6 rings (SSSR count). The van der Waals surface area contributed by atoms with Gasteiger partial charge in [-0.05, 0) is 77.3 Å². The zero-order valence-corrected chi connectivity index (χ0v) is 23.0. The molecule has 3 atom stereocenters. The summed E-state index contributed by atoms with van der Waals surface area (Å²) < 4.78 is 10.6. The predicted octanol–water partition coefficient (Wildman–Crippen LogP) is 4.82. The Kier molecular flexibility index (Phi) is 6.52. The van der Waals surface area contributed by atoms with Crippen LogP contribution in [0.3, 0.4) is 0 Å². The number of allylic oxidation sites excluding steroid dienone is 3. The van der Waals surface area contributed by atoms with Crippen molar-refractivity contribution in [2.24, 2.45) is 23.5 Å². The highest BCUT2D eigenvalue weighted by molar-refractivity contribution is 6.22. The van der Waals surface area contributed by atoms with Crippen molar-refractivity contribution < 1.29 is 39.2 Å². The minimum absolute atomic E-state index is 0.0173. The number of hydrogen-bond donors (Lipinski definition) is 4. The lowest BCUT2D eigenvalue weighted by molar-refractivity contribution is -0.126. The minimum atomic E-state index is -1.17. The molecule has 0 aromatic heterocycles. The van der Waals surface area contributed by atoms with Gasteiger partial charge >= 0.3 is 0 Å². The van der Waals surface area contributed by atoms with Crippen LogP contribution in [0.1, 0.15) is 28.8 Å². The van der Waals surface area contributed by atoms with E-state index in [1.165, 1.54) is 0 Å². The maximum atomic E-state index is 14.2. The number of aliphatic hydroxyl groups is 2. The van der Waals surface area contributed by atoms with E-state index in [-0.39, 0.29) is 23.3 Å². The smallest absolute Gasteiger partial charge is 0.255 e. The fourth-order valence-electron chi connectivity index (χ4n) is 6.73.